The van der Waals surface area contributed by atoms with E-state index < -0.39 is 6.61 Å². The zero-order valence-electron chi connectivity index (χ0n) is 24.3. The Labute approximate surface area is 252 Å². The first kappa shape index (κ1) is 27.6. The summed E-state index contributed by atoms with van der Waals surface area (Å²) in [6.07, 6.45) is 3.61. The van der Waals surface area contributed by atoms with Crippen molar-refractivity contribution < 1.29 is 23.0 Å². The molecule has 2 saturated heterocycles. The van der Waals surface area contributed by atoms with Crippen LogP contribution in [0.5, 0.6) is 5.75 Å². The number of aromatic amines is 2. The molecule has 4 N–H and O–H groups in total. The molecule has 0 unspecified atom stereocenters. The fourth-order valence-corrected chi connectivity index (χ4v) is 7.03. The first-order valence-corrected chi connectivity index (χ1v) is 15.2. The first-order chi connectivity index (χ1) is 21.5. The highest BCUT2D eigenvalue weighted by molar-refractivity contribution is 6.07. The van der Waals surface area contributed by atoms with Crippen LogP contribution in [0.1, 0.15) is 42.1 Å². The van der Waals surface area contributed by atoms with Crippen LogP contribution in [0.4, 0.5) is 8.78 Å². The van der Waals surface area contributed by atoms with Gasteiger partial charge in [-0.3, -0.25) is 0 Å². The van der Waals surface area contributed by atoms with E-state index in [4.69, 9.17) is 14.5 Å². The predicted molar refractivity (Wildman–Crippen MR) is 162 cm³/mol. The van der Waals surface area contributed by atoms with Gasteiger partial charge in [-0.05, 0) is 71.0 Å². The van der Waals surface area contributed by atoms with Gasteiger partial charge in [0, 0.05) is 31.1 Å². The summed E-state index contributed by atoms with van der Waals surface area (Å²) in [5.41, 5.74) is 7.23. The lowest BCUT2D eigenvalue weighted by molar-refractivity contribution is -0.136. The molecular weight excluding hydrogens is 566 g/mol. The Morgan fingerprint density at radius 2 is 1.75 bits per heavy atom. The van der Waals surface area contributed by atoms with Gasteiger partial charge in [0.1, 0.15) is 24.0 Å². The van der Waals surface area contributed by atoms with E-state index in [0.717, 1.165) is 86.7 Å². The molecule has 0 aliphatic carbocycles. The van der Waals surface area contributed by atoms with Gasteiger partial charge in [-0.1, -0.05) is 18.2 Å². The number of nitrogens with one attached hydrogen (secondary N) is 4. The summed E-state index contributed by atoms with van der Waals surface area (Å²) in [5, 5.41) is 9.04. The minimum atomic E-state index is -2.74. The third-order valence-corrected chi connectivity index (χ3v) is 9.24. The molecule has 2 aromatic heterocycles. The van der Waals surface area contributed by atoms with Crippen LogP contribution in [-0.4, -0.2) is 60.0 Å². The molecule has 0 amide bonds. The van der Waals surface area contributed by atoms with Crippen LogP contribution in [0.15, 0.2) is 48.7 Å². The molecule has 44 heavy (non-hydrogen) atoms. The van der Waals surface area contributed by atoms with Gasteiger partial charge in [0.15, 0.2) is 0 Å². The van der Waals surface area contributed by atoms with E-state index in [1.54, 1.807) is 7.11 Å². The molecule has 0 saturated carbocycles. The number of hydrogen-bond acceptors (Lipinski definition) is 7. The fourth-order valence-electron chi connectivity index (χ4n) is 7.03. The Morgan fingerprint density at radius 3 is 2.57 bits per heavy atom. The van der Waals surface area contributed by atoms with Gasteiger partial charge in [0.05, 0.1) is 48.2 Å². The maximum Gasteiger partial charge on any atom is 0.345 e. The highest BCUT2D eigenvalue weighted by Gasteiger charge is 2.30. The fraction of sp³-hybridized carbons (Fsp3) is 0.394. The molecule has 3 aromatic carbocycles. The maximum absolute atomic E-state index is 12.5. The van der Waals surface area contributed by atoms with E-state index >= 15 is 0 Å². The number of hydrogen-bond donors (Lipinski definition) is 4. The first-order valence-electron chi connectivity index (χ1n) is 15.2. The minimum absolute atomic E-state index is 0.0217. The van der Waals surface area contributed by atoms with E-state index in [1.807, 2.05) is 12.3 Å². The second kappa shape index (κ2) is 11.2. The van der Waals surface area contributed by atoms with Crippen molar-refractivity contribution in [3.63, 3.8) is 0 Å². The zero-order chi connectivity index (χ0) is 29.8. The molecule has 2 fully saturated rings. The average Bonchev–Trinajstić information content (AvgIpc) is 3.85. The van der Waals surface area contributed by atoms with Gasteiger partial charge in [0.2, 0.25) is 0 Å². The Morgan fingerprint density at radius 1 is 0.932 bits per heavy atom. The molecule has 5 aromatic rings. The monoisotopic (exact) mass is 600 g/mol. The summed E-state index contributed by atoms with van der Waals surface area (Å²) < 4.78 is 41.1. The number of rotatable bonds is 8. The van der Waals surface area contributed by atoms with Crippen molar-refractivity contribution in [1.82, 2.24) is 30.6 Å². The molecule has 8 rings (SSSR count). The topological polar surface area (TPSA) is 109 Å². The van der Waals surface area contributed by atoms with Crippen molar-refractivity contribution in [2.45, 2.75) is 38.1 Å². The quantitative estimate of drug-likeness (QED) is 0.177. The third-order valence-electron chi connectivity index (χ3n) is 9.24. The van der Waals surface area contributed by atoms with Crippen LogP contribution in [0.3, 0.4) is 0 Å². The van der Waals surface area contributed by atoms with Crippen molar-refractivity contribution in [3.05, 3.63) is 65.9 Å². The number of halogens is 2. The molecule has 3 aliphatic heterocycles. The smallest absolute Gasteiger partial charge is 0.345 e. The van der Waals surface area contributed by atoms with E-state index in [9.17, 15) is 8.78 Å². The Hall–Kier alpha value is -3.90. The van der Waals surface area contributed by atoms with Crippen LogP contribution >= 0.6 is 0 Å². The number of H-pyrrole nitrogens is 2. The number of benzene rings is 3. The Bertz CT molecular complexity index is 1840. The predicted octanol–water partition coefficient (Wildman–Crippen LogP) is 5.85. The molecule has 4 atom stereocenters. The summed E-state index contributed by atoms with van der Waals surface area (Å²) in [5.74, 6) is 3.13. The molecule has 11 heteroatoms. The number of imidazole rings is 2. The van der Waals surface area contributed by atoms with Gasteiger partial charge in [-0.2, -0.15) is 8.78 Å². The number of ether oxygens (including phenoxy) is 3. The van der Waals surface area contributed by atoms with Crippen LogP contribution in [0.25, 0.3) is 44.2 Å². The summed E-state index contributed by atoms with van der Waals surface area (Å²) in [6, 6.07) is 15.1. The third kappa shape index (κ3) is 5.03. The van der Waals surface area contributed by atoms with Gasteiger partial charge in [0.25, 0.3) is 0 Å². The van der Waals surface area contributed by atoms with Crippen LogP contribution < -0.4 is 15.4 Å². The second-order valence-electron chi connectivity index (χ2n) is 12.2. The molecule has 228 valence electrons. The van der Waals surface area contributed by atoms with Crippen molar-refractivity contribution in [2.75, 3.05) is 33.4 Å². The minimum Gasteiger partial charge on any atom is -0.488 e. The summed E-state index contributed by atoms with van der Waals surface area (Å²) >= 11 is 0. The molecule has 3 aliphatic rings. The lowest BCUT2D eigenvalue weighted by Crippen LogP contribution is -2.17. The molecule has 0 spiro atoms. The van der Waals surface area contributed by atoms with Crippen molar-refractivity contribution in [2.24, 2.45) is 11.8 Å². The highest BCUT2D eigenvalue weighted by atomic mass is 19.3. The molecule has 0 radical (unpaired) electrons. The molecule has 9 nitrogen and oxygen atoms in total. The second-order valence-corrected chi connectivity index (χ2v) is 12.2. The van der Waals surface area contributed by atoms with E-state index in [1.165, 1.54) is 0 Å². The zero-order valence-corrected chi connectivity index (χ0v) is 24.3. The largest absolute Gasteiger partial charge is 0.488 e. The Balaban J connectivity index is 1.05. The molecule has 5 heterocycles. The van der Waals surface area contributed by atoms with Crippen LogP contribution in [-0.2, 0) is 16.1 Å². The summed E-state index contributed by atoms with van der Waals surface area (Å²) in [7, 11) is 1.75. The maximum atomic E-state index is 12.5. The van der Waals surface area contributed by atoms with Gasteiger partial charge in [-0.15, -0.1) is 0 Å². The van der Waals surface area contributed by atoms with Gasteiger partial charge in [-0.25, -0.2) is 9.97 Å². The highest BCUT2D eigenvalue weighted by Crippen LogP contribution is 2.43. The standard InChI is InChI=1S/C33H34F2N6O3/c1-42-14-17-6-26(36-11-17)31-38-13-28(40-31)20-2-4-22-21(8-20)16-43-29-10-23-19(9-24(22)29)3-5-25-30(23)41-32(39-25)27-7-18(12-37-27)15-44-33(34)35/h2-5,8-10,13,17-18,26-27,33,36-37H,6-7,11-12,14-16H2,1H3,(H,38,40)(H,39,41)/t17-,18-,26-,27-/m0/s1. The van der Waals surface area contributed by atoms with Crippen LogP contribution in [0.2, 0.25) is 0 Å². The van der Waals surface area contributed by atoms with Crippen molar-refractivity contribution in [1.29, 1.82) is 0 Å². The Kier molecular flexibility index (Phi) is 7.05. The van der Waals surface area contributed by atoms with E-state index in [2.05, 4.69) is 66.7 Å². The van der Waals surface area contributed by atoms with Crippen molar-refractivity contribution in [3.8, 4) is 28.1 Å². The van der Waals surface area contributed by atoms with Crippen molar-refractivity contribution >= 4 is 21.8 Å². The number of fused-ring (bicyclic) bond motifs is 6. The van der Waals surface area contributed by atoms with E-state index in [0.29, 0.717) is 25.5 Å². The number of methoxy groups -OCH3 is 1. The normalized spacial score (nSPS) is 23.0. The number of alkyl halides is 2. The van der Waals surface area contributed by atoms with Gasteiger partial charge < -0.3 is 34.8 Å². The van der Waals surface area contributed by atoms with E-state index in [-0.39, 0.29) is 24.6 Å². The summed E-state index contributed by atoms with van der Waals surface area (Å²) in [6.45, 7) is 0.0767. The SMILES string of the molecule is COC[C@@H]1CN[C@H](c2ncc(-c3ccc4c(c3)COc3cc5c(ccc6[nH]c([C@@H]7C[C@H](COC(F)F)CN7)nc65)cc3-4)[nH]2)C1. The summed E-state index contributed by atoms with van der Waals surface area (Å²) in [4.78, 5) is 16.6. The lowest BCUT2D eigenvalue weighted by Gasteiger charge is -2.22. The molecule has 0 bridgehead atoms. The van der Waals surface area contributed by atoms with Crippen LogP contribution in [0, 0.1) is 11.8 Å². The lowest BCUT2D eigenvalue weighted by atomic mass is 9.92. The average molecular weight is 601 g/mol. The number of nitrogens with zero attached hydrogens (tertiary/aromatic N) is 2. The molecular formula is C33H34F2N6O3. The number of aromatic nitrogens is 4. The van der Waals surface area contributed by atoms with Gasteiger partial charge >= 0.3 is 6.61 Å².